The molecule has 2 rings (SSSR count). The Balaban J connectivity index is 2.38. The first-order valence-electron chi connectivity index (χ1n) is 7.78. The van der Waals surface area contributed by atoms with Crippen LogP contribution >= 0.6 is 11.6 Å². The fourth-order valence-electron chi connectivity index (χ4n) is 2.45. The molecule has 1 atom stereocenters. The fraction of sp³-hybridized carbons (Fsp3) is 0.429. The van der Waals surface area contributed by atoms with E-state index in [1.165, 1.54) is 25.3 Å². The summed E-state index contributed by atoms with van der Waals surface area (Å²) in [5.74, 6) is 7.41. The molecule has 0 fully saturated rings. The first-order chi connectivity index (χ1) is 13.0. The van der Waals surface area contributed by atoms with Crippen molar-refractivity contribution in [2.45, 2.75) is 25.2 Å². The molecular weight excluding hydrogens is 407 g/mol. The maximum atomic E-state index is 12.9. The normalized spacial score (nSPS) is 20.2. The summed E-state index contributed by atoms with van der Waals surface area (Å²) in [6.07, 6.45) is -4.09. The van der Waals surface area contributed by atoms with E-state index in [0.29, 0.717) is 0 Å². The second-order valence-electron chi connectivity index (χ2n) is 5.58. The summed E-state index contributed by atoms with van der Waals surface area (Å²) in [7, 11) is 0. The number of nitrogens with zero attached hydrogens (tertiary/aromatic N) is 5. The number of hydrazine groups is 1. The lowest BCUT2D eigenvalue weighted by atomic mass is 10.1. The number of rotatable bonds is 5. The molecule has 14 heteroatoms. The minimum absolute atomic E-state index is 0.0410. The van der Waals surface area contributed by atoms with E-state index in [2.05, 4.69) is 15.2 Å². The molecule has 0 spiro atoms. The number of alkyl halides is 3. The molecule has 1 unspecified atom stereocenters. The monoisotopic (exact) mass is 423 g/mol. The number of aromatic nitrogens is 1. The summed E-state index contributed by atoms with van der Waals surface area (Å²) in [4.78, 5) is 16.3. The van der Waals surface area contributed by atoms with Crippen molar-refractivity contribution in [3.63, 3.8) is 0 Å². The number of ether oxygens (including phenoxy) is 1. The van der Waals surface area contributed by atoms with Crippen molar-refractivity contribution in [2.24, 2.45) is 21.9 Å². The molecule has 0 aliphatic carbocycles. The molecule has 10 nitrogen and oxygen atoms in total. The summed E-state index contributed by atoms with van der Waals surface area (Å²) < 4.78 is 43.5. The first kappa shape index (κ1) is 21.7. The molecular formula is C14H17ClF3N7O3. The molecule has 0 amide bonds. The van der Waals surface area contributed by atoms with E-state index < -0.39 is 36.7 Å². The highest BCUT2D eigenvalue weighted by molar-refractivity contribution is 6.33. The first-order valence-corrected chi connectivity index (χ1v) is 8.16. The van der Waals surface area contributed by atoms with Crippen LogP contribution in [0.4, 0.5) is 19.0 Å². The predicted octanol–water partition coefficient (Wildman–Crippen LogP) is 0.563. The highest BCUT2D eigenvalue weighted by Crippen LogP contribution is 2.35. The standard InChI is InChI=1S/C14H17ClF3N7O3/c1-2-28-12(26)13(27)6-8(7-24(20)11(22-19)14(16,17)18)23-25(13)10-9(15)4-3-5-21-10/h3-5,27H,2,6-7,19-20H2,1H3/b22-11-. The van der Waals surface area contributed by atoms with Crippen LogP contribution in [-0.2, 0) is 9.53 Å². The van der Waals surface area contributed by atoms with Crippen molar-refractivity contribution in [3.8, 4) is 0 Å². The zero-order chi connectivity index (χ0) is 21.1. The Morgan fingerprint density at radius 2 is 2.25 bits per heavy atom. The van der Waals surface area contributed by atoms with Gasteiger partial charge in [-0.25, -0.2) is 20.6 Å². The van der Waals surface area contributed by atoms with Crippen LogP contribution < -0.4 is 16.7 Å². The average Bonchev–Trinajstić information content (AvgIpc) is 2.92. The summed E-state index contributed by atoms with van der Waals surface area (Å²) in [6.45, 7) is 0.824. The number of amidine groups is 1. The van der Waals surface area contributed by atoms with Crippen LogP contribution in [0.2, 0.25) is 5.02 Å². The topological polar surface area (TPSA) is 143 Å². The van der Waals surface area contributed by atoms with E-state index >= 15 is 0 Å². The molecule has 5 N–H and O–H groups in total. The van der Waals surface area contributed by atoms with Gasteiger partial charge in [0.1, 0.15) is 0 Å². The van der Waals surface area contributed by atoms with E-state index in [1.807, 2.05) is 0 Å². The van der Waals surface area contributed by atoms with Crippen LogP contribution in [0.3, 0.4) is 0 Å². The number of pyridine rings is 1. The Labute approximate surface area is 162 Å². The number of esters is 1. The molecule has 0 radical (unpaired) electrons. The molecule has 154 valence electrons. The third kappa shape index (κ3) is 4.26. The maximum Gasteiger partial charge on any atom is 0.452 e. The van der Waals surface area contributed by atoms with Gasteiger partial charge in [0.2, 0.25) is 5.84 Å². The van der Waals surface area contributed by atoms with Gasteiger partial charge in [-0.05, 0) is 19.1 Å². The lowest BCUT2D eigenvalue weighted by Gasteiger charge is -2.29. The van der Waals surface area contributed by atoms with E-state index in [4.69, 9.17) is 28.0 Å². The summed E-state index contributed by atoms with van der Waals surface area (Å²) in [5.41, 5.74) is -2.47. The van der Waals surface area contributed by atoms with Gasteiger partial charge in [0.05, 0.1) is 30.3 Å². The number of aliphatic hydroxyl groups is 1. The largest absolute Gasteiger partial charge is 0.462 e. The number of hydrogen-bond acceptors (Lipinski definition) is 9. The highest BCUT2D eigenvalue weighted by atomic mass is 35.5. The number of hydrogen-bond donors (Lipinski definition) is 3. The molecule has 1 aromatic rings. The molecule has 2 heterocycles. The van der Waals surface area contributed by atoms with Gasteiger partial charge < -0.3 is 15.7 Å². The molecule has 1 aromatic heterocycles. The molecule has 0 saturated heterocycles. The number of hydrazone groups is 2. The van der Waals surface area contributed by atoms with Gasteiger partial charge in [-0.15, -0.1) is 0 Å². The van der Waals surface area contributed by atoms with Crippen LogP contribution in [0.5, 0.6) is 0 Å². The molecule has 1 aliphatic rings. The fourth-order valence-corrected chi connectivity index (χ4v) is 2.65. The van der Waals surface area contributed by atoms with Gasteiger partial charge in [0.15, 0.2) is 5.82 Å². The predicted molar refractivity (Wildman–Crippen MR) is 93.9 cm³/mol. The van der Waals surface area contributed by atoms with Gasteiger partial charge in [0, 0.05) is 6.20 Å². The average molecular weight is 424 g/mol. The third-order valence-electron chi connectivity index (χ3n) is 3.59. The Bertz CT molecular complexity index is 805. The van der Waals surface area contributed by atoms with Gasteiger partial charge in [0.25, 0.3) is 5.72 Å². The smallest absolute Gasteiger partial charge is 0.452 e. The van der Waals surface area contributed by atoms with Crippen LogP contribution in [-0.4, -0.2) is 57.7 Å². The van der Waals surface area contributed by atoms with Gasteiger partial charge in [-0.1, -0.05) is 11.6 Å². The Kier molecular flexibility index (Phi) is 6.31. The summed E-state index contributed by atoms with van der Waals surface area (Å²) in [6, 6.07) is 2.94. The second-order valence-corrected chi connectivity index (χ2v) is 5.99. The minimum atomic E-state index is -4.91. The lowest BCUT2D eigenvalue weighted by Crippen LogP contribution is -2.52. The molecule has 0 aromatic carbocycles. The van der Waals surface area contributed by atoms with E-state index in [9.17, 15) is 23.1 Å². The van der Waals surface area contributed by atoms with Gasteiger partial charge in [-0.2, -0.15) is 23.4 Å². The van der Waals surface area contributed by atoms with Crippen molar-refractivity contribution in [1.29, 1.82) is 0 Å². The van der Waals surface area contributed by atoms with Crippen LogP contribution in [0.1, 0.15) is 13.3 Å². The molecule has 0 bridgehead atoms. The number of nitrogens with two attached hydrogens (primary N) is 2. The van der Waals surface area contributed by atoms with Crippen molar-refractivity contribution in [2.75, 3.05) is 18.2 Å². The van der Waals surface area contributed by atoms with Crippen molar-refractivity contribution >= 4 is 34.9 Å². The van der Waals surface area contributed by atoms with Crippen molar-refractivity contribution < 1.29 is 27.8 Å². The Hall–Kier alpha value is -2.64. The van der Waals surface area contributed by atoms with Crippen LogP contribution in [0.15, 0.2) is 28.5 Å². The zero-order valence-corrected chi connectivity index (χ0v) is 15.3. The lowest BCUT2D eigenvalue weighted by molar-refractivity contribution is -0.163. The Morgan fingerprint density at radius 3 is 2.79 bits per heavy atom. The maximum absolute atomic E-state index is 12.9. The molecule has 0 saturated carbocycles. The van der Waals surface area contributed by atoms with E-state index in [0.717, 1.165) is 5.01 Å². The van der Waals surface area contributed by atoms with Gasteiger partial charge >= 0.3 is 12.1 Å². The summed E-state index contributed by atoms with van der Waals surface area (Å²) in [5, 5.41) is 18.5. The summed E-state index contributed by atoms with van der Waals surface area (Å²) >= 11 is 6.04. The number of halogens is 4. The number of carbonyl (C=O) groups excluding carboxylic acids is 1. The SMILES string of the molecule is CCOC(=O)C1(O)CC(CN(N)/C(=N\N)C(F)(F)F)=NN1c1ncccc1Cl. The minimum Gasteiger partial charge on any atom is -0.462 e. The quantitative estimate of drug-likeness (QED) is 0.205. The number of carbonyl (C=O) groups is 1. The van der Waals surface area contributed by atoms with Crippen molar-refractivity contribution in [3.05, 3.63) is 23.4 Å². The third-order valence-corrected chi connectivity index (χ3v) is 3.88. The zero-order valence-electron chi connectivity index (χ0n) is 14.5. The van der Waals surface area contributed by atoms with Crippen molar-refractivity contribution in [1.82, 2.24) is 9.99 Å². The highest BCUT2D eigenvalue weighted by Gasteiger charge is 2.51. The number of anilines is 1. The van der Waals surface area contributed by atoms with Crippen LogP contribution in [0, 0.1) is 0 Å². The second kappa shape index (κ2) is 8.16. The molecule has 1 aliphatic heterocycles. The van der Waals surface area contributed by atoms with E-state index in [1.54, 1.807) is 0 Å². The Morgan fingerprint density at radius 1 is 1.57 bits per heavy atom. The van der Waals surface area contributed by atoms with Gasteiger partial charge in [-0.3, -0.25) is 5.01 Å². The molecule has 28 heavy (non-hydrogen) atoms. The van der Waals surface area contributed by atoms with Crippen LogP contribution in [0.25, 0.3) is 0 Å². The van der Waals surface area contributed by atoms with E-state index in [-0.39, 0.29) is 28.2 Å².